The van der Waals surface area contributed by atoms with Crippen LogP contribution in [0.5, 0.6) is 0 Å². The lowest BCUT2D eigenvalue weighted by Crippen LogP contribution is -2.46. The lowest BCUT2D eigenvalue weighted by atomic mass is 10.1. The van der Waals surface area contributed by atoms with Gasteiger partial charge in [0, 0.05) is 30.4 Å². The first kappa shape index (κ1) is 21.9. The van der Waals surface area contributed by atoms with Crippen molar-refractivity contribution in [2.75, 3.05) is 18.4 Å². The van der Waals surface area contributed by atoms with E-state index >= 15 is 0 Å². The molecule has 0 aromatic heterocycles. The fourth-order valence-electron chi connectivity index (χ4n) is 2.66. The van der Waals surface area contributed by atoms with Crippen LogP contribution in [0.1, 0.15) is 25.8 Å². The standard InChI is InChI=1S/C21H26N4O4/c1-4-16-6-8-17(9-7-16)24-21(29)15(3)23-19(27)13-22-18(26)11-12-25-14(2)5-10-20(25)28/h5-10,15H,2,4,11-13H2,1,3H3,(H,22,26)(H,23,27)(H,24,29). The number of carbonyl (C=O) groups is 4. The Balaban J connectivity index is 1.69. The van der Waals surface area contributed by atoms with Crippen molar-refractivity contribution in [1.29, 1.82) is 0 Å². The summed E-state index contributed by atoms with van der Waals surface area (Å²) in [5.41, 5.74) is 2.34. The van der Waals surface area contributed by atoms with Gasteiger partial charge in [-0.1, -0.05) is 25.6 Å². The van der Waals surface area contributed by atoms with E-state index in [2.05, 4.69) is 22.5 Å². The number of aryl methyl sites for hydroxylation is 1. The quantitative estimate of drug-likeness (QED) is 0.579. The Kier molecular flexibility index (Phi) is 7.70. The van der Waals surface area contributed by atoms with Crippen molar-refractivity contribution in [3.8, 4) is 0 Å². The molecule has 0 fully saturated rings. The minimum Gasteiger partial charge on any atom is -0.347 e. The van der Waals surface area contributed by atoms with E-state index in [1.165, 1.54) is 11.0 Å². The van der Waals surface area contributed by atoms with Gasteiger partial charge in [-0.15, -0.1) is 0 Å². The van der Waals surface area contributed by atoms with Crippen LogP contribution in [-0.4, -0.2) is 47.7 Å². The summed E-state index contributed by atoms with van der Waals surface area (Å²) in [5.74, 6) is -1.43. The van der Waals surface area contributed by atoms with E-state index in [-0.39, 0.29) is 37.2 Å². The molecule has 0 radical (unpaired) electrons. The van der Waals surface area contributed by atoms with Crippen LogP contribution in [0.2, 0.25) is 0 Å². The Bertz CT molecular complexity index is 812. The number of rotatable bonds is 9. The van der Waals surface area contributed by atoms with E-state index in [1.54, 1.807) is 25.1 Å². The zero-order valence-corrected chi connectivity index (χ0v) is 16.7. The van der Waals surface area contributed by atoms with Crippen LogP contribution < -0.4 is 16.0 Å². The molecule has 0 aliphatic carbocycles. The zero-order chi connectivity index (χ0) is 21.4. The Morgan fingerprint density at radius 3 is 2.38 bits per heavy atom. The molecule has 1 aromatic rings. The molecule has 29 heavy (non-hydrogen) atoms. The van der Waals surface area contributed by atoms with Crippen LogP contribution in [0.3, 0.4) is 0 Å². The summed E-state index contributed by atoms with van der Waals surface area (Å²) in [4.78, 5) is 49.0. The molecule has 1 atom stereocenters. The second-order valence-electron chi connectivity index (χ2n) is 6.67. The Hall–Kier alpha value is -3.42. The molecule has 3 N–H and O–H groups in total. The van der Waals surface area contributed by atoms with Gasteiger partial charge in [0.2, 0.25) is 17.7 Å². The van der Waals surface area contributed by atoms with Crippen LogP contribution in [0.4, 0.5) is 5.69 Å². The molecular weight excluding hydrogens is 372 g/mol. The molecule has 8 heteroatoms. The van der Waals surface area contributed by atoms with Crippen molar-refractivity contribution in [2.45, 2.75) is 32.7 Å². The van der Waals surface area contributed by atoms with Gasteiger partial charge in [0.05, 0.1) is 6.54 Å². The summed E-state index contributed by atoms with van der Waals surface area (Å²) in [7, 11) is 0. The largest absolute Gasteiger partial charge is 0.347 e. The second-order valence-corrected chi connectivity index (χ2v) is 6.67. The number of allylic oxidation sites excluding steroid dienone is 1. The number of benzene rings is 1. The molecule has 1 aliphatic heterocycles. The minimum atomic E-state index is -0.762. The van der Waals surface area contributed by atoms with E-state index in [1.807, 2.05) is 19.1 Å². The van der Waals surface area contributed by atoms with Gasteiger partial charge in [-0.25, -0.2) is 0 Å². The van der Waals surface area contributed by atoms with Crippen molar-refractivity contribution in [3.63, 3.8) is 0 Å². The van der Waals surface area contributed by atoms with Crippen molar-refractivity contribution in [3.05, 3.63) is 54.3 Å². The summed E-state index contributed by atoms with van der Waals surface area (Å²) in [6.45, 7) is 7.25. The SMILES string of the molecule is C=C1C=CC(=O)N1CCC(=O)NCC(=O)NC(C)C(=O)Nc1ccc(CC)cc1. The van der Waals surface area contributed by atoms with Crippen LogP contribution in [0, 0.1) is 0 Å². The van der Waals surface area contributed by atoms with Gasteiger partial charge in [-0.2, -0.15) is 0 Å². The van der Waals surface area contributed by atoms with E-state index < -0.39 is 11.9 Å². The highest BCUT2D eigenvalue weighted by molar-refractivity contribution is 5.97. The second kappa shape index (κ2) is 10.2. The summed E-state index contributed by atoms with van der Waals surface area (Å²) < 4.78 is 0. The first-order valence-electron chi connectivity index (χ1n) is 9.44. The van der Waals surface area contributed by atoms with Crippen molar-refractivity contribution >= 4 is 29.3 Å². The fourth-order valence-corrected chi connectivity index (χ4v) is 2.66. The van der Waals surface area contributed by atoms with Crippen molar-refractivity contribution in [1.82, 2.24) is 15.5 Å². The maximum Gasteiger partial charge on any atom is 0.251 e. The predicted molar refractivity (Wildman–Crippen MR) is 110 cm³/mol. The van der Waals surface area contributed by atoms with Crippen molar-refractivity contribution in [2.24, 2.45) is 0 Å². The molecule has 0 bridgehead atoms. The minimum absolute atomic E-state index is 0.0452. The maximum atomic E-state index is 12.2. The number of anilines is 1. The normalized spacial score (nSPS) is 13.9. The van der Waals surface area contributed by atoms with Crippen LogP contribution in [0.15, 0.2) is 48.7 Å². The predicted octanol–water partition coefficient (Wildman–Crippen LogP) is 1.11. The van der Waals surface area contributed by atoms with E-state index in [4.69, 9.17) is 0 Å². The molecule has 4 amide bonds. The third-order valence-corrected chi connectivity index (χ3v) is 4.44. The summed E-state index contributed by atoms with van der Waals surface area (Å²) in [6.07, 6.45) is 3.92. The number of carbonyl (C=O) groups excluding carboxylic acids is 4. The molecule has 8 nitrogen and oxygen atoms in total. The lowest BCUT2D eigenvalue weighted by molar-refractivity contribution is -0.128. The molecular formula is C21H26N4O4. The average molecular weight is 398 g/mol. The molecule has 0 spiro atoms. The zero-order valence-electron chi connectivity index (χ0n) is 16.7. The van der Waals surface area contributed by atoms with Crippen LogP contribution in [-0.2, 0) is 25.6 Å². The van der Waals surface area contributed by atoms with E-state index in [0.717, 1.165) is 12.0 Å². The van der Waals surface area contributed by atoms with Crippen LogP contribution in [0.25, 0.3) is 0 Å². The van der Waals surface area contributed by atoms with Gasteiger partial charge in [0.25, 0.3) is 5.91 Å². The average Bonchev–Trinajstić information content (AvgIpc) is 3.02. The van der Waals surface area contributed by atoms with Gasteiger partial charge in [-0.3, -0.25) is 19.2 Å². The van der Waals surface area contributed by atoms with Gasteiger partial charge >= 0.3 is 0 Å². The number of nitrogens with one attached hydrogen (secondary N) is 3. The molecule has 2 rings (SSSR count). The molecule has 1 aromatic carbocycles. The third-order valence-electron chi connectivity index (χ3n) is 4.44. The Morgan fingerprint density at radius 2 is 1.79 bits per heavy atom. The van der Waals surface area contributed by atoms with Gasteiger partial charge < -0.3 is 20.9 Å². The maximum absolute atomic E-state index is 12.2. The first-order chi connectivity index (χ1) is 13.8. The molecule has 1 unspecified atom stereocenters. The van der Waals surface area contributed by atoms with Crippen LogP contribution >= 0.6 is 0 Å². The van der Waals surface area contributed by atoms with Crippen molar-refractivity contribution < 1.29 is 19.2 Å². The summed E-state index contributed by atoms with van der Waals surface area (Å²) in [5, 5.41) is 7.74. The van der Waals surface area contributed by atoms with Gasteiger partial charge in [0.15, 0.2) is 0 Å². The molecule has 0 saturated carbocycles. The highest BCUT2D eigenvalue weighted by atomic mass is 16.2. The lowest BCUT2D eigenvalue weighted by Gasteiger charge is -2.17. The summed E-state index contributed by atoms with van der Waals surface area (Å²) >= 11 is 0. The van der Waals surface area contributed by atoms with Gasteiger partial charge in [-0.05, 0) is 37.1 Å². The fraction of sp³-hybridized carbons (Fsp3) is 0.333. The molecule has 1 aliphatic rings. The highest BCUT2D eigenvalue weighted by Gasteiger charge is 2.20. The number of hydrogen-bond acceptors (Lipinski definition) is 4. The van der Waals surface area contributed by atoms with Gasteiger partial charge in [0.1, 0.15) is 6.04 Å². The number of hydrogen-bond donors (Lipinski definition) is 3. The Labute approximate surface area is 170 Å². The smallest absolute Gasteiger partial charge is 0.251 e. The molecule has 0 saturated heterocycles. The topological polar surface area (TPSA) is 108 Å². The monoisotopic (exact) mass is 398 g/mol. The number of amides is 4. The highest BCUT2D eigenvalue weighted by Crippen LogP contribution is 2.13. The molecule has 1 heterocycles. The Morgan fingerprint density at radius 1 is 1.10 bits per heavy atom. The number of nitrogens with zero attached hydrogens (tertiary/aromatic N) is 1. The molecule has 154 valence electrons. The van der Waals surface area contributed by atoms with E-state index in [0.29, 0.717) is 11.4 Å². The van der Waals surface area contributed by atoms with E-state index in [9.17, 15) is 19.2 Å². The third kappa shape index (κ3) is 6.60. The first-order valence-corrected chi connectivity index (χ1v) is 9.44. The summed E-state index contributed by atoms with van der Waals surface area (Å²) in [6, 6.07) is 6.70.